The van der Waals surface area contributed by atoms with Crippen LogP contribution >= 0.6 is 0 Å². The molecular weight excluding hydrogens is 196 g/mol. The lowest BCUT2D eigenvalue weighted by molar-refractivity contribution is 0.0536. The van der Waals surface area contributed by atoms with E-state index in [4.69, 9.17) is 14.9 Å². The van der Waals surface area contributed by atoms with Crippen LogP contribution in [0.5, 0.6) is 5.75 Å². The van der Waals surface area contributed by atoms with Gasteiger partial charge in [-0.3, -0.25) is 0 Å². The van der Waals surface area contributed by atoms with Crippen molar-refractivity contribution >= 4 is 0 Å². The van der Waals surface area contributed by atoms with Crippen molar-refractivity contribution in [2.24, 2.45) is 0 Å². The average molecular weight is 212 g/mol. The lowest BCUT2D eigenvalue weighted by Crippen LogP contribution is -2.21. The molecule has 2 atom stereocenters. The molecule has 0 fully saturated rings. The van der Waals surface area contributed by atoms with Crippen molar-refractivity contribution in [3.8, 4) is 5.75 Å². The molecule has 0 saturated heterocycles. The Morgan fingerprint density at radius 3 is 2.27 bits per heavy atom. The van der Waals surface area contributed by atoms with Gasteiger partial charge in [0.1, 0.15) is 18.5 Å². The molecule has 4 nitrogen and oxygen atoms in total. The molecule has 1 aromatic rings. The molecule has 0 spiro atoms. The van der Waals surface area contributed by atoms with Crippen LogP contribution in [0, 0.1) is 0 Å². The first kappa shape index (κ1) is 12.0. The summed E-state index contributed by atoms with van der Waals surface area (Å²) in [5, 5.41) is 26.9. The van der Waals surface area contributed by atoms with Gasteiger partial charge in [-0.05, 0) is 24.6 Å². The average Bonchev–Trinajstić information content (AvgIpc) is 2.26. The fourth-order valence-corrected chi connectivity index (χ4v) is 1.09. The molecule has 84 valence electrons. The molecule has 0 heterocycles. The molecule has 0 bridgehead atoms. The zero-order chi connectivity index (χ0) is 11.3. The van der Waals surface area contributed by atoms with Gasteiger partial charge in [0.25, 0.3) is 0 Å². The lowest BCUT2D eigenvalue weighted by atomic mass is 10.1. The first-order chi connectivity index (χ1) is 7.13. The maximum absolute atomic E-state index is 9.26. The molecule has 0 saturated carbocycles. The largest absolute Gasteiger partial charge is 0.491 e. The Morgan fingerprint density at radius 1 is 1.20 bits per heavy atom. The number of ether oxygens (including phenoxy) is 1. The highest BCUT2D eigenvalue weighted by Gasteiger charge is 2.04. The van der Waals surface area contributed by atoms with Crippen LogP contribution in [0.15, 0.2) is 24.3 Å². The van der Waals surface area contributed by atoms with Gasteiger partial charge < -0.3 is 20.1 Å². The Morgan fingerprint density at radius 2 is 1.80 bits per heavy atom. The predicted octanol–water partition coefficient (Wildman–Crippen LogP) is 0.472. The summed E-state index contributed by atoms with van der Waals surface area (Å²) in [7, 11) is 0. The minimum atomic E-state index is -0.860. The number of aliphatic hydroxyl groups excluding tert-OH is 3. The van der Waals surface area contributed by atoms with Gasteiger partial charge in [0.05, 0.1) is 12.7 Å². The van der Waals surface area contributed by atoms with E-state index in [0.29, 0.717) is 5.75 Å². The number of aliphatic hydroxyl groups is 3. The lowest BCUT2D eigenvalue weighted by Gasteiger charge is -2.10. The van der Waals surface area contributed by atoms with E-state index in [-0.39, 0.29) is 13.2 Å². The molecule has 15 heavy (non-hydrogen) atoms. The third kappa shape index (κ3) is 3.87. The van der Waals surface area contributed by atoms with Crippen molar-refractivity contribution in [1.82, 2.24) is 0 Å². The predicted molar refractivity (Wildman–Crippen MR) is 55.7 cm³/mol. The van der Waals surface area contributed by atoms with E-state index < -0.39 is 12.2 Å². The molecule has 0 aliphatic heterocycles. The SMILES string of the molecule is C[C@H](O)c1ccc(OCC(O)CO)cc1. The maximum atomic E-state index is 9.26. The minimum Gasteiger partial charge on any atom is -0.491 e. The zero-order valence-electron chi connectivity index (χ0n) is 8.63. The fourth-order valence-electron chi connectivity index (χ4n) is 1.09. The fraction of sp³-hybridized carbons (Fsp3) is 0.455. The first-order valence-corrected chi connectivity index (χ1v) is 4.83. The Balaban J connectivity index is 2.50. The third-order valence-electron chi connectivity index (χ3n) is 2.02. The number of rotatable bonds is 5. The van der Waals surface area contributed by atoms with E-state index in [2.05, 4.69) is 0 Å². The molecule has 1 unspecified atom stereocenters. The van der Waals surface area contributed by atoms with Gasteiger partial charge in [-0.25, -0.2) is 0 Å². The van der Waals surface area contributed by atoms with Crippen molar-refractivity contribution < 1.29 is 20.1 Å². The Kier molecular flexibility index (Phi) is 4.55. The first-order valence-electron chi connectivity index (χ1n) is 4.83. The molecule has 0 radical (unpaired) electrons. The van der Waals surface area contributed by atoms with E-state index in [9.17, 15) is 5.11 Å². The van der Waals surface area contributed by atoms with Gasteiger partial charge >= 0.3 is 0 Å². The molecule has 1 aromatic carbocycles. The van der Waals surface area contributed by atoms with E-state index in [1.807, 2.05) is 0 Å². The molecule has 0 aromatic heterocycles. The van der Waals surface area contributed by atoms with E-state index in [1.54, 1.807) is 31.2 Å². The second kappa shape index (κ2) is 5.70. The van der Waals surface area contributed by atoms with Crippen LogP contribution in [0.4, 0.5) is 0 Å². The van der Waals surface area contributed by atoms with Crippen LogP contribution in [0.2, 0.25) is 0 Å². The van der Waals surface area contributed by atoms with Crippen LogP contribution in [0.3, 0.4) is 0 Å². The van der Waals surface area contributed by atoms with Crippen LogP contribution in [0.25, 0.3) is 0 Å². The summed E-state index contributed by atoms with van der Waals surface area (Å²) in [5.74, 6) is 0.604. The van der Waals surface area contributed by atoms with Gasteiger partial charge in [0.2, 0.25) is 0 Å². The summed E-state index contributed by atoms with van der Waals surface area (Å²) in [6, 6.07) is 6.94. The second-order valence-electron chi connectivity index (χ2n) is 3.39. The highest BCUT2D eigenvalue weighted by Crippen LogP contribution is 2.17. The van der Waals surface area contributed by atoms with Crippen molar-refractivity contribution in [3.63, 3.8) is 0 Å². The Hall–Kier alpha value is -1.10. The number of hydrogen-bond donors (Lipinski definition) is 3. The van der Waals surface area contributed by atoms with Gasteiger partial charge in [0.15, 0.2) is 0 Å². The van der Waals surface area contributed by atoms with E-state index in [1.165, 1.54) is 0 Å². The summed E-state index contributed by atoms with van der Waals surface area (Å²) < 4.78 is 5.20. The summed E-state index contributed by atoms with van der Waals surface area (Å²) in [5.41, 5.74) is 0.810. The smallest absolute Gasteiger partial charge is 0.119 e. The molecule has 1 rings (SSSR count). The van der Waals surface area contributed by atoms with Crippen LogP contribution in [-0.2, 0) is 0 Å². The van der Waals surface area contributed by atoms with Crippen molar-refractivity contribution in [1.29, 1.82) is 0 Å². The molecule has 3 N–H and O–H groups in total. The second-order valence-corrected chi connectivity index (χ2v) is 3.39. The van der Waals surface area contributed by atoms with Crippen LogP contribution in [0.1, 0.15) is 18.6 Å². The van der Waals surface area contributed by atoms with Crippen LogP contribution in [-0.4, -0.2) is 34.6 Å². The highest BCUT2D eigenvalue weighted by atomic mass is 16.5. The van der Waals surface area contributed by atoms with Gasteiger partial charge in [-0.15, -0.1) is 0 Å². The summed E-state index contributed by atoms with van der Waals surface area (Å²) in [6.45, 7) is 1.43. The normalized spacial score (nSPS) is 14.7. The topological polar surface area (TPSA) is 69.9 Å². The van der Waals surface area contributed by atoms with Crippen molar-refractivity contribution in [2.45, 2.75) is 19.1 Å². The zero-order valence-corrected chi connectivity index (χ0v) is 8.63. The molecule has 0 aliphatic rings. The number of hydrogen-bond acceptors (Lipinski definition) is 4. The van der Waals surface area contributed by atoms with E-state index >= 15 is 0 Å². The van der Waals surface area contributed by atoms with Gasteiger partial charge in [-0.1, -0.05) is 12.1 Å². The maximum Gasteiger partial charge on any atom is 0.119 e. The molecule has 4 heteroatoms. The Labute approximate surface area is 88.8 Å². The molecular formula is C11H16O4. The van der Waals surface area contributed by atoms with Crippen LogP contribution < -0.4 is 4.74 Å². The third-order valence-corrected chi connectivity index (χ3v) is 2.02. The molecule has 0 aliphatic carbocycles. The quantitative estimate of drug-likeness (QED) is 0.663. The van der Waals surface area contributed by atoms with Gasteiger partial charge in [0, 0.05) is 0 Å². The number of benzene rings is 1. The van der Waals surface area contributed by atoms with Crippen molar-refractivity contribution in [3.05, 3.63) is 29.8 Å². The standard InChI is InChI=1S/C11H16O4/c1-8(13)9-2-4-11(5-3-9)15-7-10(14)6-12/h2-5,8,10,12-14H,6-7H2,1H3/t8-,10?/m0/s1. The van der Waals surface area contributed by atoms with Gasteiger partial charge in [-0.2, -0.15) is 0 Å². The monoisotopic (exact) mass is 212 g/mol. The summed E-state index contributed by atoms with van der Waals surface area (Å²) in [6.07, 6.45) is -1.36. The minimum absolute atomic E-state index is 0.0600. The molecule has 0 amide bonds. The summed E-state index contributed by atoms with van der Waals surface area (Å²) >= 11 is 0. The summed E-state index contributed by atoms with van der Waals surface area (Å²) in [4.78, 5) is 0. The van der Waals surface area contributed by atoms with Crippen molar-refractivity contribution in [2.75, 3.05) is 13.2 Å². The van der Waals surface area contributed by atoms with E-state index in [0.717, 1.165) is 5.56 Å². The Bertz CT molecular complexity index is 281. The highest BCUT2D eigenvalue weighted by molar-refractivity contribution is 5.28.